The van der Waals surface area contributed by atoms with Crippen LogP contribution in [0.3, 0.4) is 0 Å². The summed E-state index contributed by atoms with van der Waals surface area (Å²) >= 11 is 1.39. The van der Waals surface area contributed by atoms with Crippen LogP contribution in [0.2, 0.25) is 0 Å². The van der Waals surface area contributed by atoms with E-state index in [1.165, 1.54) is 11.3 Å². The molecule has 1 rings (SSSR count). The second-order valence-corrected chi connectivity index (χ2v) is 3.42. The summed E-state index contributed by atoms with van der Waals surface area (Å²) in [4.78, 5) is 16.3. The number of aldehydes is 1. The molecule has 0 spiro atoms. The van der Waals surface area contributed by atoms with E-state index in [0.29, 0.717) is 5.01 Å². The second-order valence-electron chi connectivity index (χ2n) is 2.53. The molecular weight excluding hydrogens is 160 g/mol. The molecule has 4 heteroatoms. The standard InChI is InChI=1S/C7H10N2OS/c1-9(2)3-6-5-11-7(4-10)8-6/h4-5H,3H2,1-2H3. The number of aromatic nitrogens is 1. The normalized spacial score (nSPS) is 10.5. The predicted molar refractivity (Wildman–Crippen MR) is 44.9 cm³/mol. The first-order chi connectivity index (χ1) is 5.22. The highest BCUT2D eigenvalue weighted by atomic mass is 32.1. The Morgan fingerprint density at radius 1 is 1.73 bits per heavy atom. The van der Waals surface area contributed by atoms with Crippen molar-refractivity contribution >= 4 is 17.6 Å². The first-order valence-corrected chi connectivity index (χ1v) is 4.14. The lowest BCUT2D eigenvalue weighted by Gasteiger charge is -2.04. The zero-order valence-corrected chi connectivity index (χ0v) is 7.39. The zero-order valence-electron chi connectivity index (χ0n) is 6.57. The first kappa shape index (κ1) is 8.36. The summed E-state index contributed by atoms with van der Waals surface area (Å²) in [5, 5.41) is 2.46. The number of hydrogen-bond donors (Lipinski definition) is 0. The van der Waals surface area contributed by atoms with Crippen molar-refractivity contribution in [2.24, 2.45) is 0 Å². The van der Waals surface area contributed by atoms with E-state index in [1.54, 1.807) is 0 Å². The van der Waals surface area contributed by atoms with E-state index in [1.807, 2.05) is 24.4 Å². The Bertz CT molecular complexity index is 244. The monoisotopic (exact) mass is 170 g/mol. The number of rotatable bonds is 3. The van der Waals surface area contributed by atoms with Gasteiger partial charge < -0.3 is 4.90 Å². The molecule has 0 atom stereocenters. The van der Waals surface area contributed by atoms with Crippen molar-refractivity contribution in [1.29, 1.82) is 0 Å². The molecular formula is C7H10N2OS. The van der Waals surface area contributed by atoms with Crippen molar-refractivity contribution in [3.8, 4) is 0 Å². The van der Waals surface area contributed by atoms with Crippen LogP contribution in [-0.2, 0) is 6.54 Å². The Labute approximate surface area is 69.7 Å². The minimum absolute atomic E-state index is 0.557. The van der Waals surface area contributed by atoms with E-state index in [9.17, 15) is 4.79 Å². The van der Waals surface area contributed by atoms with Crippen molar-refractivity contribution in [2.45, 2.75) is 6.54 Å². The Morgan fingerprint density at radius 3 is 2.91 bits per heavy atom. The average Bonchev–Trinajstić information content (AvgIpc) is 2.34. The summed E-state index contributed by atoms with van der Waals surface area (Å²) in [7, 11) is 3.94. The summed E-state index contributed by atoms with van der Waals surface area (Å²) in [5.41, 5.74) is 0.960. The highest BCUT2D eigenvalue weighted by molar-refractivity contribution is 7.11. The first-order valence-electron chi connectivity index (χ1n) is 3.26. The molecule has 0 aliphatic rings. The van der Waals surface area contributed by atoms with Gasteiger partial charge in [-0.15, -0.1) is 11.3 Å². The smallest absolute Gasteiger partial charge is 0.178 e. The molecule has 1 aromatic rings. The zero-order chi connectivity index (χ0) is 8.27. The van der Waals surface area contributed by atoms with Gasteiger partial charge in [0.1, 0.15) is 0 Å². The maximum Gasteiger partial charge on any atom is 0.178 e. The number of nitrogens with zero attached hydrogens (tertiary/aromatic N) is 2. The van der Waals surface area contributed by atoms with Gasteiger partial charge in [-0.1, -0.05) is 0 Å². The Hall–Kier alpha value is -0.740. The van der Waals surface area contributed by atoms with Crippen LogP contribution in [0.25, 0.3) is 0 Å². The summed E-state index contributed by atoms with van der Waals surface area (Å²) < 4.78 is 0. The van der Waals surface area contributed by atoms with Gasteiger partial charge in [0.15, 0.2) is 11.3 Å². The quantitative estimate of drug-likeness (QED) is 0.635. The van der Waals surface area contributed by atoms with Gasteiger partial charge in [-0.25, -0.2) is 4.98 Å². The van der Waals surface area contributed by atoms with Crippen LogP contribution in [-0.4, -0.2) is 30.3 Å². The highest BCUT2D eigenvalue weighted by Gasteiger charge is 2.00. The van der Waals surface area contributed by atoms with Crippen LogP contribution < -0.4 is 0 Å². The predicted octanol–water partition coefficient (Wildman–Crippen LogP) is 1.02. The van der Waals surface area contributed by atoms with Crippen LogP contribution in [0.4, 0.5) is 0 Å². The Kier molecular flexibility index (Phi) is 2.73. The molecule has 0 radical (unpaired) electrons. The molecule has 1 aromatic heterocycles. The second kappa shape index (κ2) is 3.59. The third kappa shape index (κ3) is 2.40. The molecule has 0 amide bonds. The lowest BCUT2D eigenvalue weighted by Crippen LogP contribution is -2.10. The van der Waals surface area contributed by atoms with E-state index < -0.39 is 0 Å². The van der Waals surface area contributed by atoms with E-state index in [4.69, 9.17) is 0 Å². The van der Waals surface area contributed by atoms with Crippen molar-refractivity contribution in [2.75, 3.05) is 14.1 Å². The third-order valence-electron chi connectivity index (χ3n) is 1.15. The molecule has 0 aromatic carbocycles. The fourth-order valence-electron chi connectivity index (χ4n) is 0.773. The molecule has 0 unspecified atom stereocenters. The molecule has 11 heavy (non-hydrogen) atoms. The van der Waals surface area contributed by atoms with E-state index >= 15 is 0 Å². The van der Waals surface area contributed by atoms with E-state index in [0.717, 1.165) is 18.5 Å². The minimum Gasteiger partial charge on any atom is -0.304 e. The third-order valence-corrected chi connectivity index (χ3v) is 1.97. The number of carbonyl (C=O) groups excluding carboxylic acids is 1. The van der Waals surface area contributed by atoms with Crippen LogP contribution in [0.5, 0.6) is 0 Å². The lowest BCUT2D eigenvalue weighted by molar-refractivity contribution is 0.112. The fraction of sp³-hybridized carbons (Fsp3) is 0.429. The number of hydrogen-bond acceptors (Lipinski definition) is 4. The van der Waals surface area contributed by atoms with Crippen molar-refractivity contribution in [3.63, 3.8) is 0 Å². The van der Waals surface area contributed by atoms with E-state index in [-0.39, 0.29) is 0 Å². The molecule has 0 aliphatic heterocycles. The molecule has 0 bridgehead atoms. The molecule has 60 valence electrons. The Morgan fingerprint density at radius 2 is 2.45 bits per heavy atom. The number of carbonyl (C=O) groups is 1. The van der Waals surface area contributed by atoms with Crippen LogP contribution in [0, 0.1) is 0 Å². The summed E-state index contributed by atoms with van der Waals surface area (Å²) in [6.45, 7) is 0.796. The minimum atomic E-state index is 0.557. The van der Waals surface area contributed by atoms with Gasteiger partial charge in [-0.2, -0.15) is 0 Å². The highest BCUT2D eigenvalue weighted by Crippen LogP contribution is 2.07. The molecule has 3 nitrogen and oxygen atoms in total. The van der Waals surface area contributed by atoms with E-state index in [2.05, 4.69) is 4.98 Å². The number of thiazole rings is 1. The van der Waals surface area contributed by atoms with Crippen LogP contribution in [0.1, 0.15) is 15.5 Å². The fourth-order valence-corrected chi connectivity index (χ4v) is 1.38. The summed E-state index contributed by atoms with van der Waals surface area (Å²) in [6.07, 6.45) is 0.782. The van der Waals surface area contributed by atoms with Crippen LogP contribution >= 0.6 is 11.3 Å². The molecule has 0 fully saturated rings. The molecule has 0 saturated heterocycles. The van der Waals surface area contributed by atoms with Gasteiger partial charge in [0.25, 0.3) is 0 Å². The van der Waals surface area contributed by atoms with Gasteiger partial charge in [0.2, 0.25) is 0 Å². The SMILES string of the molecule is CN(C)Cc1csc(C=O)n1. The maximum atomic E-state index is 10.2. The molecule has 1 heterocycles. The van der Waals surface area contributed by atoms with Gasteiger partial charge in [-0.3, -0.25) is 4.79 Å². The molecule has 0 N–H and O–H groups in total. The molecule has 0 saturated carbocycles. The Balaban J connectivity index is 2.65. The van der Waals surface area contributed by atoms with Gasteiger partial charge in [0.05, 0.1) is 5.69 Å². The van der Waals surface area contributed by atoms with Gasteiger partial charge in [0, 0.05) is 11.9 Å². The van der Waals surface area contributed by atoms with Crippen molar-refractivity contribution < 1.29 is 4.79 Å². The maximum absolute atomic E-state index is 10.2. The van der Waals surface area contributed by atoms with Crippen molar-refractivity contribution in [1.82, 2.24) is 9.88 Å². The van der Waals surface area contributed by atoms with Gasteiger partial charge in [-0.05, 0) is 14.1 Å². The topological polar surface area (TPSA) is 33.2 Å². The summed E-state index contributed by atoms with van der Waals surface area (Å²) in [6, 6.07) is 0. The largest absolute Gasteiger partial charge is 0.304 e. The van der Waals surface area contributed by atoms with Gasteiger partial charge >= 0.3 is 0 Å². The average molecular weight is 170 g/mol. The lowest BCUT2D eigenvalue weighted by atomic mass is 10.5. The summed E-state index contributed by atoms with van der Waals surface area (Å²) in [5.74, 6) is 0. The van der Waals surface area contributed by atoms with Crippen molar-refractivity contribution in [3.05, 3.63) is 16.1 Å². The van der Waals surface area contributed by atoms with Crippen LogP contribution in [0.15, 0.2) is 5.38 Å². The molecule has 0 aliphatic carbocycles.